The number of likely N-dealkylation sites (tertiary alicyclic amines) is 1. The van der Waals surface area contributed by atoms with Crippen molar-refractivity contribution >= 4 is 42.2 Å². The number of nitrogens with zero attached hydrogens (tertiary/aromatic N) is 3. The zero-order valence-corrected chi connectivity index (χ0v) is 16.8. The lowest BCUT2D eigenvalue weighted by Crippen LogP contribution is -2.29. The molecule has 2 aromatic rings. The van der Waals surface area contributed by atoms with E-state index in [4.69, 9.17) is 11.6 Å². The van der Waals surface area contributed by atoms with E-state index in [0.717, 1.165) is 25.5 Å². The van der Waals surface area contributed by atoms with E-state index >= 15 is 0 Å². The van der Waals surface area contributed by atoms with Crippen molar-refractivity contribution in [2.75, 3.05) is 31.6 Å². The second-order valence-corrected chi connectivity index (χ2v) is 7.34. The summed E-state index contributed by atoms with van der Waals surface area (Å²) in [6.07, 6.45) is 1.75. The standard InChI is InChI=1S/C19H22ClN3.2ClH/c1-13-5-3-4-6-16(13)19-17-12-23(11-14(17)10-22(19)2)18-8-7-15(20)9-21-18;;/h3-9,14,17,19H,10-12H2,1-2H3;2*1H/t14-,17+,19+;;/m0../s1. The Morgan fingerprint density at radius 2 is 1.80 bits per heavy atom. The first-order chi connectivity index (χ1) is 11.1. The van der Waals surface area contributed by atoms with Crippen LogP contribution in [0.3, 0.4) is 0 Å². The van der Waals surface area contributed by atoms with Crippen LogP contribution in [0.1, 0.15) is 17.2 Å². The van der Waals surface area contributed by atoms with E-state index in [1.165, 1.54) is 11.1 Å². The lowest BCUT2D eigenvalue weighted by Gasteiger charge is -2.28. The average Bonchev–Trinajstić information content (AvgIpc) is 3.06. The summed E-state index contributed by atoms with van der Waals surface area (Å²) in [4.78, 5) is 9.45. The van der Waals surface area contributed by atoms with Crippen LogP contribution >= 0.6 is 36.4 Å². The molecule has 0 amide bonds. The number of halogens is 3. The fourth-order valence-corrected chi connectivity index (χ4v) is 4.50. The lowest BCUT2D eigenvalue weighted by atomic mass is 9.88. The molecule has 1 aromatic carbocycles. The Labute approximate surface area is 167 Å². The Hall–Kier alpha value is -1.000. The van der Waals surface area contributed by atoms with Crippen LogP contribution in [0.5, 0.6) is 0 Å². The molecule has 2 aliphatic rings. The van der Waals surface area contributed by atoms with Crippen LogP contribution in [-0.4, -0.2) is 36.6 Å². The van der Waals surface area contributed by atoms with Crippen LogP contribution in [0.2, 0.25) is 5.02 Å². The van der Waals surface area contributed by atoms with Gasteiger partial charge in [0.25, 0.3) is 0 Å². The van der Waals surface area contributed by atoms with Crippen molar-refractivity contribution in [2.45, 2.75) is 13.0 Å². The highest BCUT2D eigenvalue weighted by atomic mass is 35.5. The average molecular weight is 401 g/mol. The van der Waals surface area contributed by atoms with E-state index in [1.807, 2.05) is 12.1 Å². The van der Waals surface area contributed by atoms with Crippen LogP contribution < -0.4 is 4.90 Å². The summed E-state index contributed by atoms with van der Waals surface area (Å²) in [6.45, 7) is 5.55. The van der Waals surface area contributed by atoms with Crippen LogP contribution in [0, 0.1) is 18.8 Å². The van der Waals surface area contributed by atoms with Crippen molar-refractivity contribution in [2.24, 2.45) is 11.8 Å². The summed E-state index contributed by atoms with van der Waals surface area (Å²) in [5.74, 6) is 2.43. The Balaban J connectivity index is 0.00000113. The molecular weight excluding hydrogens is 377 g/mol. The topological polar surface area (TPSA) is 19.4 Å². The quantitative estimate of drug-likeness (QED) is 0.733. The van der Waals surface area contributed by atoms with Crippen molar-refractivity contribution in [3.63, 3.8) is 0 Å². The van der Waals surface area contributed by atoms with Crippen molar-refractivity contribution in [3.05, 3.63) is 58.7 Å². The van der Waals surface area contributed by atoms with Gasteiger partial charge in [-0.3, -0.25) is 4.90 Å². The minimum atomic E-state index is 0. The van der Waals surface area contributed by atoms with Crippen molar-refractivity contribution in [3.8, 4) is 0 Å². The summed E-state index contributed by atoms with van der Waals surface area (Å²) in [5, 5.41) is 0.700. The molecule has 4 rings (SSSR count). The number of pyridine rings is 1. The predicted octanol–water partition coefficient (Wildman–Crippen LogP) is 4.63. The normalized spacial score (nSPS) is 25.2. The molecule has 3 heterocycles. The molecule has 0 radical (unpaired) electrons. The molecule has 25 heavy (non-hydrogen) atoms. The van der Waals surface area contributed by atoms with Crippen LogP contribution in [-0.2, 0) is 0 Å². The van der Waals surface area contributed by atoms with Gasteiger partial charge in [-0.05, 0) is 43.1 Å². The monoisotopic (exact) mass is 399 g/mol. The molecule has 2 saturated heterocycles. The van der Waals surface area contributed by atoms with E-state index in [9.17, 15) is 0 Å². The number of hydrogen-bond donors (Lipinski definition) is 0. The molecule has 3 nitrogen and oxygen atoms in total. The first-order valence-corrected chi connectivity index (χ1v) is 8.63. The van der Waals surface area contributed by atoms with Gasteiger partial charge in [0.15, 0.2) is 0 Å². The predicted molar refractivity (Wildman–Crippen MR) is 109 cm³/mol. The van der Waals surface area contributed by atoms with Crippen molar-refractivity contribution in [1.82, 2.24) is 9.88 Å². The van der Waals surface area contributed by atoms with Gasteiger partial charge in [0, 0.05) is 37.8 Å². The van der Waals surface area contributed by atoms with Crippen LogP contribution in [0.15, 0.2) is 42.6 Å². The van der Waals surface area contributed by atoms with E-state index in [-0.39, 0.29) is 24.8 Å². The highest BCUT2D eigenvalue weighted by molar-refractivity contribution is 6.30. The molecule has 0 spiro atoms. The molecule has 3 atom stereocenters. The minimum Gasteiger partial charge on any atom is -0.356 e. The zero-order valence-electron chi connectivity index (χ0n) is 14.4. The molecule has 2 aliphatic heterocycles. The Morgan fingerprint density at radius 3 is 2.48 bits per heavy atom. The maximum Gasteiger partial charge on any atom is 0.128 e. The first-order valence-electron chi connectivity index (χ1n) is 8.26. The van der Waals surface area contributed by atoms with E-state index < -0.39 is 0 Å². The summed E-state index contributed by atoms with van der Waals surface area (Å²) >= 11 is 5.97. The molecule has 0 unspecified atom stereocenters. The molecule has 0 N–H and O–H groups in total. The van der Waals surface area contributed by atoms with Gasteiger partial charge >= 0.3 is 0 Å². The third-order valence-corrected chi connectivity index (χ3v) is 5.66. The Bertz CT molecular complexity index is 707. The Kier molecular flexibility index (Phi) is 6.61. The lowest BCUT2D eigenvalue weighted by molar-refractivity contribution is 0.279. The summed E-state index contributed by atoms with van der Waals surface area (Å²) in [5.41, 5.74) is 2.88. The zero-order chi connectivity index (χ0) is 16.0. The van der Waals surface area contributed by atoms with Gasteiger partial charge < -0.3 is 4.90 Å². The third kappa shape index (κ3) is 3.75. The van der Waals surface area contributed by atoms with Gasteiger partial charge in [-0.25, -0.2) is 4.98 Å². The molecular formula is C19H24Cl3N3. The first kappa shape index (κ1) is 20.3. The smallest absolute Gasteiger partial charge is 0.128 e. The number of aromatic nitrogens is 1. The number of hydrogen-bond acceptors (Lipinski definition) is 3. The minimum absolute atomic E-state index is 0. The summed E-state index contributed by atoms with van der Waals surface area (Å²) in [6, 6.07) is 13.3. The summed E-state index contributed by atoms with van der Waals surface area (Å²) in [7, 11) is 2.26. The van der Waals surface area contributed by atoms with Gasteiger partial charge in [0.2, 0.25) is 0 Å². The largest absolute Gasteiger partial charge is 0.356 e. The second kappa shape index (κ2) is 8.13. The SMILES string of the molecule is Cc1ccccc1[C@@H]1[C@@H]2CN(c3ccc(Cl)cn3)C[C@@H]2CN1C.Cl.Cl. The van der Waals surface area contributed by atoms with Gasteiger partial charge in [0.05, 0.1) is 5.02 Å². The molecule has 136 valence electrons. The molecule has 6 heteroatoms. The van der Waals surface area contributed by atoms with Gasteiger partial charge in [-0.2, -0.15) is 0 Å². The highest BCUT2D eigenvalue weighted by Crippen LogP contribution is 2.45. The third-order valence-electron chi connectivity index (χ3n) is 5.44. The number of fused-ring (bicyclic) bond motifs is 1. The van der Waals surface area contributed by atoms with E-state index in [0.29, 0.717) is 22.9 Å². The Morgan fingerprint density at radius 1 is 1.04 bits per heavy atom. The van der Waals surface area contributed by atoms with E-state index in [2.05, 4.69) is 53.0 Å². The van der Waals surface area contributed by atoms with Gasteiger partial charge in [-0.1, -0.05) is 35.9 Å². The highest BCUT2D eigenvalue weighted by Gasteiger charge is 2.46. The van der Waals surface area contributed by atoms with Crippen LogP contribution in [0.4, 0.5) is 5.82 Å². The molecule has 0 saturated carbocycles. The second-order valence-electron chi connectivity index (χ2n) is 6.90. The molecule has 0 bridgehead atoms. The number of aryl methyl sites for hydroxylation is 1. The van der Waals surface area contributed by atoms with E-state index in [1.54, 1.807) is 6.20 Å². The molecule has 2 fully saturated rings. The maximum atomic E-state index is 5.97. The number of benzene rings is 1. The van der Waals surface area contributed by atoms with Crippen molar-refractivity contribution < 1.29 is 0 Å². The van der Waals surface area contributed by atoms with Gasteiger partial charge in [0.1, 0.15) is 5.82 Å². The fraction of sp³-hybridized carbons (Fsp3) is 0.421. The number of rotatable bonds is 2. The van der Waals surface area contributed by atoms with Crippen molar-refractivity contribution in [1.29, 1.82) is 0 Å². The summed E-state index contributed by atoms with van der Waals surface area (Å²) < 4.78 is 0. The van der Waals surface area contributed by atoms with Gasteiger partial charge in [-0.15, -0.1) is 24.8 Å². The maximum absolute atomic E-state index is 5.97. The number of anilines is 1. The molecule has 1 aromatic heterocycles. The molecule has 0 aliphatic carbocycles. The van der Waals surface area contributed by atoms with Crippen LogP contribution in [0.25, 0.3) is 0 Å². The fourth-order valence-electron chi connectivity index (χ4n) is 4.39.